The molecule has 2 fully saturated rings. The molecule has 10 nitrogen and oxygen atoms in total. The molecule has 3 heterocycles. The molecule has 3 aliphatic rings. The van der Waals surface area contributed by atoms with Crippen LogP contribution >= 0.6 is 0 Å². The first-order chi connectivity index (χ1) is 14.9. The molecule has 1 aromatic rings. The second-order valence-corrected chi connectivity index (χ2v) is 8.20. The van der Waals surface area contributed by atoms with Crippen molar-refractivity contribution in [3.05, 3.63) is 35.9 Å². The first-order valence-corrected chi connectivity index (χ1v) is 10.7. The van der Waals surface area contributed by atoms with E-state index in [9.17, 15) is 14.4 Å². The summed E-state index contributed by atoms with van der Waals surface area (Å²) in [5.74, 6) is 0.106. The van der Waals surface area contributed by atoms with Crippen molar-refractivity contribution in [1.29, 1.82) is 0 Å². The third kappa shape index (κ3) is 4.48. The van der Waals surface area contributed by atoms with Crippen LogP contribution in [0.2, 0.25) is 0 Å². The molecule has 4 rings (SSSR count). The lowest BCUT2D eigenvalue weighted by Gasteiger charge is -2.40. The zero-order valence-electron chi connectivity index (χ0n) is 17.7. The predicted molar refractivity (Wildman–Crippen MR) is 115 cm³/mol. The van der Waals surface area contributed by atoms with Crippen molar-refractivity contribution < 1.29 is 14.4 Å². The van der Waals surface area contributed by atoms with Gasteiger partial charge in [-0.2, -0.15) is 0 Å². The Morgan fingerprint density at radius 3 is 2.55 bits per heavy atom. The molecular weight excluding hydrogens is 398 g/mol. The molecule has 0 aromatic heterocycles. The number of fused-ring (bicyclic) bond motifs is 1. The number of imide groups is 1. The molecule has 2 saturated heterocycles. The Kier molecular flexibility index (Phi) is 6.08. The van der Waals surface area contributed by atoms with Gasteiger partial charge in [0.2, 0.25) is 5.91 Å². The number of urea groups is 1. The molecule has 31 heavy (non-hydrogen) atoms. The quantitative estimate of drug-likeness (QED) is 0.619. The van der Waals surface area contributed by atoms with Gasteiger partial charge in [-0.05, 0) is 18.4 Å². The fraction of sp³-hybridized carbons (Fsp3) is 0.524. The number of carbonyl (C=O) groups excluding carboxylic acids is 3. The number of hydrogen-bond acceptors (Lipinski definition) is 7. The summed E-state index contributed by atoms with van der Waals surface area (Å²) in [4.78, 5) is 48.6. The van der Waals surface area contributed by atoms with E-state index in [2.05, 4.69) is 22.3 Å². The van der Waals surface area contributed by atoms with Gasteiger partial charge in [0.15, 0.2) is 18.2 Å². The van der Waals surface area contributed by atoms with Crippen LogP contribution in [0.1, 0.15) is 12.0 Å². The maximum absolute atomic E-state index is 12.7. The van der Waals surface area contributed by atoms with E-state index in [0.717, 1.165) is 18.8 Å². The highest BCUT2D eigenvalue weighted by Gasteiger charge is 2.49. The third-order valence-electron chi connectivity index (χ3n) is 6.08. The molecule has 0 aliphatic carbocycles. The fourth-order valence-electron chi connectivity index (χ4n) is 4.44. The molecule has 0 spiro atoms. The maximum atomic E-state index is 12.7. The smallest absolute Gasteiger partial charge is 0.325 e. The highest BCUT2D eigenvalue weighted by atomic mass is 16.2. The summed E-state index contributed by atoms with van der Waals surface area (Å²) in [5, 5.41) is 2.45. The lowest BCUT2D eigenvalue weighted by molar-refractivity contribution is -0.127. The number of nitrogens with zero attached hydrogens (tertiary/aromatic N) is 5. The number of carbonyl (C=O) groups is 3. The normalized spacial score (nSPS) is 24.2. The van der Waals surface area contributed by atoms with Crippen molar-refractivity contribution in [1.82, 2.24) is 24.9 Å². The van der Waals surface area contributed by atoms with Crippen LogP contribution in [0.5, 0.6) is 0 Å². The number of hydrogen-bond donors (Lipinski definition) is 2. The maximum Gasteiger partial charge on any atom is 0.325 e. The van der Waals surface area contributed by atoms with Gasteiger partial charge in [-0.3, -0.25) is 19.8 Å². The zero-order valence-corrected chi connectivity index (χ0v) is 17.7. The summed E-state index contributed by atoms with van der Waals surface area (Å²) < 4.78 is 0. The Labute approximate surface area is 181 Å². The Hall–Kier alpha value is -3.14. The van der Waals surface area contributed by atoms with Crippen molar-refractivity contribution in [2.75, 3.05) is 46.3 Å². The second-order valence-electron chi connectivity index (χ2n) is 8.20. The average molecular weight is 428 g/mol. The first kappa shape index (κ1) is 21.1. The number of guanidine groups is 1. The van der Waals surface area contributed by atoms with Gasteiger partial charge in [0.05, 0.1) is 6.54 Å². The SMILES string of the molecule is CN1C(=O)NC(=O)C2C1N=C(N1CCN(CC(N)=O)CC1)N2CCCc1ccccc1. The van der Waals surface area contributed by atoms with Gasteiger partial charge < -0.3 is 20.4 Å². The number of benzene rings is 1. The number of piperazine rings is 1. The van der Waals surface area contributed by atoms with Gasteiger partial charge in [0.1, 0.15) is 0 Å². The molecule has 166 valence electrons. The number of primary amides is 1. The summed E-state index contributed by atoms with van der Waals surface area (Å²) >= 11 is 0. The lowest BCUT2D eigenvalue weighted by Crippen LogP contribution is -2.64. The molecule has 4 amide bonds. The summed E-state index contributed by atoms with van der Waals surface area (Å²) in [6, 6.07) is 9.28. The minimum Gasteiger partial charge on any atom is -0.369 e. The van der Waals surface area contributed by atoms with Gasteiger partial charge in [-0.1, -0.05) is 30.3 Å². The fourth-order valence-corrected chi connectivity index (χ4v) is 4.44. The van der Waals surface area contributed by atoms with E-state index in [4.69, 9.17) is 10.7 Å². The van der Waals surface area contributed by atoms with E-state index in [-0.39, 0.29) is 18.4 Å². The molecule has 0 bridgehead atoms. The van der Waals surface area contributed by atoms with Gasteiger partial charge in [0.25, 0.3) is 5.91 Å². The van der Waals surface area contributed by atoms with Gasteiger partial charge in [-0.15, -0.1) is 0 Å². The van der Waals surface area contributed by atoms with Crippen molar-refractivity contribution in [3.8, 4) is 0 Å². The number of rotatable bonds is 6. The van der Waals surface area contributed by atoms with Crippen molar-refractivity contribution >= 4 is 23.8 Å². The highest BCUT2D eigenvalue weighted by molar-refractivity contribution is 6.03. The van der Waals surface area contributed by atoms with Crippen LogP contribution in [-0.4, -0.2) is 102 Å². The molecule has 0 saturated carbocycles. The monoisotopic (exact) mass is 427 g/mol. The van der Waals surface area contributed by atoms with E-state index in [1.165, 1.54) is 10.5 Å². The molecule has 3 aliphatic heterocycles. The largest absolute Gasteiger partial charge is 0.369 e. The Morgan fingerprint density at radius 1 is 1.16 bits per heavy atom. The van der Waals surface area contributed by atoms with E-state index in [1.807, 2.05) is 28.0 Å². The molecule has 1 aromatic carbocycles. The zero-order chi connectivity index (χ0) is 22.0. The third-order valence-corrected chi connectivity index (χ3v) is 6.08. The molecule has 0 radical (unpaired) electrons. The van der Waals surface area contributed by atoms with Crippen LogP contribution < -0.4 is 11.1 Å². The summed E-state index contributed by atoms with van der Waals surface area (Å²) in [7, 11) is 1.67. The van der Waals surface area contributed by atoms with E-state index < -0.39 is 18.2 Å². The van der Waals surface area contributed by atoms with E-state index in [1.54, 1.807) is 7.05 Å². The molecular formula is C21H29N7O3. The summed E-state index contributed by atoms with van der Waals surface area (Å²) in [5.41, 5.74) is 6.57. The predicted octanol–water partition coefficient (Wildman–Crippen LogP) is -0.730. The molecule has 10 heteroatoms. The van der Waals surface area contributed by atoms with Gasteiger partial charge in [0, 0.05) is 39.8 Å². The van der Waals surface area contributed by atoms with Crippen LogP contribution in [0.15, 0.2) is 35.3 Å². The molecule has 2 atom stereocenters. The van der Waals surface area contributed by atoms with Crippen LogP contribution in [0.3, 0.4) is 0 Å². The molecule has 3 N–H and O–H groups in total. The van der Waals surface area contributed by atoms with E-state index in [0.29, 0.717) is 32.7 Å². The lowest BCUT2D eigenvalue weighted by atomic mass is 10.1. The Bertz CT molecular complexity index is 867. The van der Waals surface area contributed by atoms with E-state index >= 15 is 0 Å². The van der Waals surface area contributed by atoms with Crippen molar-refractivity contribution in [2.45, 2.75) is 25.0 Å². The van der Waals surface area contributed by atoms with Gasteiger partial charge >= 0.3 is 6.03 Å². The van der Waals surface area contributed by atoms with Crippen LogP contribution in [0.25, 0.3) is 0 Å². The number of amides is 4. The van der Waals surface area contributed by atoms with Crippen LogP contribution in [-0.2, 0) is 16.0 Å². The van der Waals surface area contributed by atoms with Crippen molar-refractivity contribution in [3.63, 3.8) is 0 Å². The van der Waals surface area contributed by atoms with Crippen LogP contribution in [0, 0.1) is 0 Å². The standard InChI is InChI=1S/C21H29N7O3/c1-25-18-17(19(30)24-21(25)31)28(9-5-8-15-6-3-2-4-7-15)20(23-18)27-12-10-26(11-13-27)14-16(22)29/h2-4,6-7,17-18H,5,8-14H2,1H3,(H2,22,29)(H,24,30,31). The topological polar surface area (TPSA) is 115 Å². The molecule has 2 unspecified atom stereocenters. The summed E-state index contributed by atoms with van der Waals surface area (Å²) in [6.07, 6.45) is 1.22. The van der Waals surface area contributed by atoms with Crippen LogP contribution in [0.4, 0.5) is 4.79 Å². The first-order valence-electron chi connectivity index (χ1n) is 10.7. The Morgan fingerprint density at radius 2 is 1.87 bits per heavy atom. The van der Waals surface area contributed by atoms with Gasteiger partial charge in [-0.25, -0.2) is 9.79 Å². The minimum absolute atomic E-state index is 0.242. The number of nitrogens with one attached hydrogen (secondary N) is 1. The minimum atomic E-state index is -0.531. The number of nitrogens with two attached hydrogens (primary N) is 1. The second kappa shape index (κ2) is 8.93. The average Bonchev–Trinajstić information content (AvgIpc) is 3.13. The summed E-state index contributed by atoms with van der Waals surface area (Å²) in [6.45, 7) is 3.64. The Balaban J connectivity index is 1.48. The number of aliphatic imine (C=N–C) groups is 1. The van der Waals surface area contributed by atoms with Crippen molar-refractivity contribution in [2.24, 2.45) is 10.7 Å². The highest BCUT2D eigenvalue weighted by Crippen LogP contribution is 2.26. The number of aryl methyl sites for hydroxylation is 1. The number of likely N-dealkylation sites (N-methyl/N-ethyl adjacent to an activating group) is 1.